The van der Waals surface area contributed by atoms with Crippen LogP contribution in [0, 0.1) is 23.1 Å². The zero-order valence-corrected chi connectivity index (χ0v) is 23.9. The molecular formula is C28H34FN7O2Si. The quantitative estimate of drug-likeness (QED) is 0.226. The van der Waals surface area contributed by atoms with Crippen molar-refractivity contribution in [1.82, 2.24) is 29.6 Å². The minimum atomic E-state index is -1.24. The molecule has 1 aliphatic carbocycles. The highest BCUT2D eigenvalue weighted by Gasteiger charge is 2.28. The average Bonchev–Trinajstić information content (AvgIpc) is 3.57. The van der Waals surface area contributed by atoms with Crippen molar-refractivity contribution in [3.05, 3.63) is 42.0 Å². The van der Waals surface area contributed by atoms with Gasteiger partial charge in [0.2, 0.25) is 0 Å². The number of nitriles is 1. The van der Waals surface area contributed by atoms with Crippen molar-refractivity contribution >= 4 is 36.0 Å². The molecule has 2 atom stereocenters. The zero-order chi connectivity index (χ0) is 27.7. The number of amides is 1. The number of carbonyl (C=O) groups is 1. The van der Waals surface area contributed by atoms with Crippen LogP contribution in [0.3, 0.4) is 0 Å². The van der Waals surface area contributed by atoms with Crippen molar-refractivity contribution in [2.24, 2.45) is 13.0 Å². The maximum Gasteiger partial charge on any atom is 0.255 e. The third-order valence-corrected chi connectivity index (χ3v) is 9.05. The first-order valence-corrected chi connectivity index (χ1v) is 17.1. The number of hydrogen-bond donors (Lipinski definition) is 1. The highest BCUT2D eigenvalue weighted by Crippen LogP contribution is 2.30. The van der Waals surface area contributed by atoms with E-state index in [1.54, 1.807) is 30.2 Å². The molecule has 3 heterocycles. The summed E-state index contributed by atoms with van der Waals surface area (Å²) in [6.07, 6.45) is 6.48. The number of halogens is 1. The van der Waals surface area contributed by atoms with Gasteiger partial charge < -0.3 is 14.6 Å². The smallest absolute Gasteiger partial charge is 0.255 e. The van der Waals surface area contributed by atoms with Crippen LogP contribution < -0.4 is 5.32 Å². The lowest BCUT2D eigenvalue weighted by atomic mass is 10.1. The lowest BCUT2D eigenvalue weighted by Gasteiger charge is -2.15. The summed E-state index contributed by atoms with van der Waals surface area (Å²) in [6.45, 7) is 7.81. The molecular weight excluding hydrogens is 513 g/mol. The summed E-state index contributed by atoms with van der Waals surface area (Å²) < 4.78 is 23.3. The van der Waals surface area contributed by atoms with Crippen LogP contribution in [0.2, 0.25) is 25.7 Å². The third-order valence-electron chi connectivity index (χ3n) is 7.35. The topological polar surface area (TPSA) is 111 Å². The molecule has 1 saturated carbocycles. The SMILES string of the molecule is Cn1nc(-c2cnc3c(n2)c(C(=O)N[C@@H]2CC[C@H](CC#N)C2)cn3COCC[Si](C)(C)C)c2ccc(F)cc21. The van der Waals surface area contributed by atoms with Crippen LogP contribution in [0.4, 0.5) is 4.39 Å². The molecule has 4 aromatic rings. The molecule has 1 fully saturated rings. The summed E-state index contributed by atoms with van der Waals surface area (Å²) in [6, 6.07) is 7.81. The Balaban J connectivity index is 1.48. The molecule has 11 heteroatoms. The van der Waals surface area contributed by atoms with Crippen LogP contribution in [-0.4, -0.2) is 50.9 Å². The van der Waals surface area contributed by atoms with E-state index in [1.165, 1.54) is 12.1 Å². The zero-order valence-electron chi connectivity index (χ0n) is 22.9. The van der Waals surface area contributed by atoms with E-state index in [9.17, 15) is 9.18 Å². The molecule has 5 rings (SSSR count). The number of rotatable bonds is 9. The number of nitrogens with zero attached hydrogens (tertiary/aromatic N) is 6. The summed E-state index contributed by atoms with van der Waals surface area (Å²) in [4.78, 5) is 23.0. The summed E-state index contributed by atoms with van der Waals surface area (Å²) >= 11 is 0. The minimum absolute atomic E-state index is 0.0213. The Labute approximate surface area is 228 Å². The Morgan fingerprint density at radius 1 is 1.31 bits per heavy atom. The fourth-order valence-corrected chi connectivity index (χ4v) is 5.93. The Hall–Kier alpha value is -3.62. The average molecular weight is 548 g/mol. The maximum atomic E-state index is 13.9. The standard InChI is InChI=1S/C28H34FN7O2Si/c1-35-24-14-19(29)6-8-21(24)25(34-35)23-15-31-27-26(33-23)22(16-36(27)17-38-11-12-39(2,3)4)28(37)32-20-7-5-18(13-20)9-10-30/h6,8,14-16,18,20H,5,7,9,11-13,17H2,1-4H3,(H,32,37)/t18-,20-/m1/s1. The Morgan fingerprint density at radius 3 is 2.90 bits per heavy atom. The molecule has 0 bridgehead atoms. The number of carbonyl (C=O) groups excluding carboxylic acids is 1. The van der Waals surface area contributed by atoms with Gasteiger partial charge in [0.05, 0.1) is 23.3 Å². The summed E-state index contributed by atoms with van der Waals surface area (Å²) in [7, 11) is 0.513. The van der Waals surface area contributed by atoms with Gasteiger partial charge in [-0.2, -0.15) is 10.4 Å². The van der Waals surface area contributed by atoms with Crippen LogP contribution in [0.1, 0.15) is 36.0 Å². The predicted octanol–water partition coefficient (Wildman–Crippen LogP) is 5.25. The Kier molecular flexibility index (Phi) is 7.51. The predicted molar refractivity (Wildman–Crippen MR) is 150 cm³/mol. The lowest BCUT2D eigenvalue weighted by molar-refractivity contribution is 0.0889. The van der Waals surface area contributed by atoms with E-state index in [0.29, 0.717) is 52.6 Å². The number of hydrogen-bond acceptors (Lipinski definition) is 6. The van der Waals surface area contributed by atoms with Crippen LogP contribution in [0.25, 0.3) is 33.5 Å². The van der Waals surface area contributed by atoms with Gasteiger partial charge in [-0.05, 0) is 49.4 Å². The summed E-state index contributed by atoms with van der Waals surface area (Å²) in [5.74, 6) is -0.245. The fraction of sp³-hybridized carbons (Fsp3) is 0.464. The number of ether oxygens (including phenoxy) is 1. The normalized spacial score (nSPS) is 17.6. The summed E-state index contributed by atoms with van der Waals surface area (Å²) in [5.41, 5.74) is 3.15. The maximum absolute atomic E-state index is 13.9. The van der Waals surface area contributed by atoms with Gasteiger partial charge in [-0.3, -0.25) is 9.48 Å². The van der Waals surface area contributed by atoms with Crippen molar-refractivity contribution in [2.75, 3.05) is 6.61 Å². The van der Waals surface area contributed by atoms with E-state index < -0.39 is 8.07 Å². The molecule has 1 N–H and O–H groups in total. The highest BCUT2D eigenvalue weighted by atomic mass is 28.3. The van der Waals surface area contributed by atoms with Crippen molar-refractivity contribution in [3.63, 3.8) is 0 Å². The van der Waals surface area contributed by atoms with Gasteiger partial charge in [-0.25, -0.2) is 14.4 Å². The Bertz CT molecular complexity index is 1570. The second-order valence-electron chi connectivity index (χ2n) is 11.6. The van der Waals surface area contributed by atoms with Gasteiger partial charge in [0, 0.05) is 45.8 Å². The number of benzene rings is 1. The molecule has 204 valence electrons. The largest absolute Gasteiger partial charge is 0.361 e. The van der Waals surface area contributed by atoms with Crippen LogP contribution in [0.5, 0.6) is 0 Å². The van der Waals surface area contributed by atoms with Crippen molar-refractivity contribution < 1.29 is 13.9 Å². The van der Waals surface area contributed by atoms with E-state index in [0.717, 1.165) is 30.7 Å². The molecule has 1 aliphatic rings. The fourth-order valence-electron chi connectivity index (χ4n) is 5.18. The van der Waals surface area contributed by atoms with E-state index in [-0.39, 0.29) is 24.5 Å². The van der Waals surface area contributed by atoms with Crippen molar-refractivity contribution in [2.45, 2.75) is 64.1 Å². The van der Waals surface area contributed by atoms with Crippen LogP contribution in [0.15, 0.2) is 30.6 Å². The molecule has 9 nitrogen and oxygen atoms in total. The Morgan fingerprint density at radius 2 is 2.13 bits per heavy atom. The molecule has 1 amide bonds. The van der Waals surface area contributed by atoms with Crippen molar-refractivity contribution in [3.8, 4) is 17.5 Å². The van der Waals surface area contributed by atoms with Gasteiger partial charge in [0.25, 0.3) is 5.91 Å². The van der Waals surface area contributed by atoms with Gasteiger partial charge in [-0.1, -0.05) is 19.6 Å². The second-order valence-corrected chi connectivity index (χ2v) is 17.3. The monoisotopic (exact) mass is 547 g/mol. The van der Waals surface area contributed by atoms with Gasteiger partial charge in [0.15, 0.2) is 5.65 Å². The van der Waals surface area contributed by atoms with Gasteiger partial charge >= 0.3 is 0 Å². The van der Waals surface area contributed by atoms with E-state index in [4.69, 9.17) is 15.0 Å². The van der Waals surface area contributed by atoms with Crippen LogP contribution in [-0.2, 0) is 18.5 Å². The molecule has 0 aliphatic heterocycles. The minimum Gasteiger partial charge on any atom is -0.361 e. The highest BCUT2D eigenvalue weighted by molar-refractivity contribution is 6.76. The molecule has 0 spiro atoms. The van der Waals surface area contributed by atoms with E-state index in [2.05, 4.69) is 41.1 Å². The van der Waals surface area contributed by atoms with Gasteiger partial charge in [0.1, 0.15) is 29.5 Å². The first kappa shape index (κ1) is 27.0. The summed E-state index contributed by atoms with van der Waals surface area (Å²) in [5, 5.41) is 17.5. The molecule has 3 aromatic heterocycles. The van der Waals surface area contributed by atoms with E-state index >= 15 is 0 Å². The molecule has 0 radical (unpaired) electrons. The molecule has 1 aromatic carbocycles. The number of fused-ring (bicyclic) bond motifs is 2. The lowest BCUT2D eigenvalue weighted by Crippen LogP contribution is -2.33. The number of nitrogens with one attached hydrogen (secondary N) is 1. The van der Waals surface area contributed by atoms with Crippen LogP contribution >= 0.6 is 0 Å². The van der Waals surface area contributed by atoms with Crippen molar-refractivity contribution in [1.29, 1.82) is 5.26 Å². The second kappa shape index (κ2) is 10.9. The molecule has 0 saturated heterocycles. The third kappa shape index (κ3) is 5.87. The first-order valence-electron chi connectivity index (χ1n) is 13.4. The van der Waals surface area contributed by atoms with E-state index in [1.807, 2.05) is 4.57 Å². The molecule has 0 unspecified atom stereocenters. The molecule has 39 heavy (non-hydrogen) atoms. The van der Waals surface area contributed by atoms with Gasteiger partial charge in [-0.15, -0.1) is 0 Å². The first-order chi connectivity index (χ1) is 18.6. The number of aromatic nitrogens is 5. The number of aryl methyl sites for hydroxylation is 1.